The van der Waals surface area contributed by atoms with E-state index in [1.54, 1.807) is 6.92 Å². The van der Waals surface area contributed by atoms with E-state index in [4.69, 9.17) is 4.74 Å². The summed E-state index contributed by atoms with van der Waals surface area (Å²) in [6.07, 6.45) is 0.611. The number of rotatable bonds is 2. The van der Waals surface area contributed by atoms with Gasteiger partial charge in [-0.05, 0) is 13.3 Å². The molecule has 5 nitrogen and oxygen atoms in total. The molecule has 5 heteroatoms. The maximum atomic E-state index is 11.3. The first-order chi connectivity index (χ1) is 6.57. The van der Waals surface area contributed by atoms with Gasteiger partial charge < -0.3 is 4.74 Å². The zero-order valence-corrected chi connectivity index (χ0v) is 8.28. The van der Waals surface area contributed by atoms with E-state index in [0.29, 0.717) is 6.42 Å². The molecule has 0 unspecified atom stereocenters. The molecule has 0 spiro atoms. The number of ether oxygens (including phenoxy) is 1. The number of imide groups is 1. The van der Waals surface area contributed by atoms with Gasteiger partial charge in [-0.25, -0.2) is 4.79 Å². The predicted molar refractivity (Wildman–Crippen MR) is 47.2 cm³/mol. The van der Waals surface area contributed by atoms with Crippen LogP contribution in [0.4, 0.5) is 0 Å². The summed E-state index contributed by atoms with van der Waals surface area (Å²) in [5.41, 5.74) is 0. The van der Waals surface area contributed by atoms with E-state index in [1.165, 1.54) is 6.92 Å². The quantitative estimate of drug-likeness (QED) is 0.591. The Kier molecular flexibility index (Phi) is 3.22. The summed E-state index contributed by atoms with van der Waals surface area (Å²) in [6, 6.07) is -0.708. The lowest BCUT2D eigenvalue weighted by atomic mass is 10.2. The molecule has 78 valence electrons. The van der Waals surface area contributed by atoms with Crippen LogP contribution < -0.4 is 0 Å². The van der Waals surface area contributed by atoms with Crippen LogP contribution in [0.3, 0.4) is 0 Å². The molecule has 1 atom stereocenters. The summed E-state index contributed by atoms with van der Waals surface area (Å²) in [7, 11) is 0. The molecule has 1 rings (SSSR count). The monoisotopic (exact) mass is 199 g/mol. The Bertz CT molecular complexity index is 274. The van der Waals surface area contributed by atoms with E-state index in [2.05, 4.69) is 0 Å². The fourth-order valence-electron chi connectivity index (χ4n) is 1.54. The number of carbonyl (C=O) groups is 3. The van der Waals surface area contributed by atoms with Crippen molar-refractivity contribution in [2.75, 3.05) is 6.61 Å². The topological polar surface area (TPSA) is 63.7 Å². The standard InChI is InChI=1S/C9H13NO4/c1-3-14-9(13)7-4-5-8(12)10(7)6(2)11/h7H,3-5H2,1-2H3/t7-/m1/s1. The van der Waals surface area contributed by atoms with Gasteiger partial charge in [-0.1, -0.05) is 0 Å². The second-order valence-corrected chi connectivity index (χ2v) is 3.09. The number of nitrogens with zero attached hydrogens (tertiary/aromatic N) is 1. The second kappa shape index (κ2) is 4.21. The molecular weight excluding hydrogens is 186 g/mol. The zero-order chi connectivity index (χ0) is 10.7. The molecule has 1 aliphatic heterocycles. The largest absolute Gasteiger partial charge is 0.464 e. The molecule has 1 aliphatic rings. The van der Waals surface area contributed by atoms with Crippen molar-refractivity contribution in [1.29, 1.82) is 0 Å². The number of hydrogen-bond acceptors (Lipinski definition) is 4. The lowest BCUT2D eigenvalue weighted by Crippen LogP contribution is -2.42. The first-order valence-corrected chi connectivity index (χ1v) is 4.57. The van der Waals surface area contributed by atoms with E-state index in [-0.39, 0.29) is 18.9 Å². The molecule has 2 amide bonds. The van der Waals surface area contributed by atoms with Gasteiger partial charge in [0.15, 0.2) is 0 Å². The number of likely N-dealkylation sites (tertiary alicyclic amines) is 1. The molecule has 0 aromatic rings. The van der Waals surface area contributed by atoms with Crippen molar-refractivity contribution in [2.45, 2.75) is 32.7 Å². The van der Waals surface area contributed by atoms with E-state index in [1.807, 2.05) is 0 Å². The summed E-state index contributed by atoms with van der Waals surface area (Å²) in [6.45, 7) is 3.22. The van der Waals surface area contributed by atoms with Crippen molar-refractivity contribution >= 4 is 17.8 Å². The van der Waals surface area contributed by atoms with Crippen LogP contribution in [0.15, 0.2) is 0 Å². The van der Waals surface area contributed by atoms with Gasteiger partial charge in [0.2, 0.25) is 11.8 Å². The SMILES string of the molecule is CCOC(=O)[C@H]1CCC(=O)N1C(C)=O. The normalized spacial score (nSPS) is 21.1. The molecule has 1 heterocycles. The second-order valence-electron chi connectivity index (χ2n) is 3.09. The van der Waals surface area contributed by atoms with E-state index >= 15 is 0 Å². The van der Waals surface area contributed by atoms with Gasteiger partial charge in [0.25, 0.3) is 0 Å². The van der Waals surface area contributed by atoms with Crippen molar-refractivity contribution < 1.29 is 19.1 Å². The van der Waals surface area contributed by atoms with Gasteiger partial charge >= 0.3 is 5.97 Å². The highest BCUT2D eigenvalue weighted by atomic mass is 16.5. The van der Waals surface area contributed by atoms with Crippen molar-refractivity contribution in [1.82, 2.24) is 4.90 Å². The first kappa shape index (κ1) is 10.7. The molecular formula is C9H13NO4. The number of carbonyl (C=O) groups excluding carboxylic acids is 3. The third kappa shape index (κ3) is 1.92. The Hall–Kier alpha value is -1.39. The molecule has 0 aromatic carbocycles. The Balaban J connectivity index is 2.74. The number of amides is 2. The molecule has 0 aliphatic carbocycles. The molecule has 0 aromatic heterocycles. The highest BCUT2D eigenvalue weighted by Crippen LogP contribution is 2.19. The van der Waals surface area contributed by atoms with Crippen LogP contribution in [0, 0.1) is 0 Å². The summed E-state index contributed by atoms with van der Waals surface area (Å²) in [5.74, 6) is -1.19. The third-order valence-electron chi connectivity index (χ3n) is 2.11. The Morgan fingerprint density at radius 1 is 1.57 bits per heavy atom. The Labute approximate surface area is 82.0 Å². The van der Waals surface area contributed by atoms with Crippen molar-refractivity contribution in [3.8, 4) is 0 Å². The fraction of sp³-hybridized carbons (Fsp3) is 0.667. The molecule has 0 N–H and O–H groups in total. The van der Waals surface area contributed by atoms with Crippen LogP contribution in [0.25, 0.3) is 0 Å². The van der Waals surface area contributed by atoms with E-state index in [0.717, 1.165) is 4.90 Å². The molecule has 14 heavy (non-hydrogen) atoms. The Morgan fingerprint density at radius 2 is 2.21 bits per heavy atom. The van der Waals surface area contributed by atoms with Crippen molar-refractivity contribution in [3.63, 3.8) is 0 Å². The third-order valence-corrected chi connectivity index (χ3v) is 2.11. The minimum absolute atomic E-state index is 0.239. The summed E-state index contributed by atoms with van der Waals surface area (Å²) >= 11 is 0. The zero-order valence-electron chi connectivity index (χ0n) is 8.28. The van der Waals surface area contributed by atoms with Gasteiger partial charge in [-0.3, -0.25) is 14.5 Å². The van der Waals surface area contributed by atoms with Crippen LogP contribution in [-0.2, 0) is 19.1 Å². The summed E-state index contributed by atoms with van der Waals surface area (Å²) in [5, 5.41) is 0. The molecule has 1 fully saturated rings. The number of esters is 1. The molecule has 0 saturated carbocycles. The lowest BCUT2D eigenvalue weighted by Gasteiger charge is -2.19. The van der Waals surface area contributed by atoms with Gasteiger partial charge in [0, 0.05) is 13.3 Å². The predicted octanol–water partition coefficient (Wildman–Crippen LogP) is 0.0870. The molecule has 0 bridgehead atoms. The maximum absolute atomic E-state index is 11.3. The molecule has 0 radical (unpaired) electrons. The summed E-state index contributed by atoms with van der Waals surface area (Å²) < 4.78 is 4.77. The first-order valence-electron chi connectivity index (χ1n) is 4.57. The van der Waals surface area contributed by atoms with Crippen LogP contribution >= 0.6 is 0 Å². The van der Waals surface area contributed by atoms with Gasteiger partial charge in [-0.15, -0.1) is 0 Å². The Morgan fingerprint density at radius 3 is 2.71 bits per heavy atom. The van der Waals surface area contributed by atoms with Crippen molar-refractivity contribution in [2.24, 2.45) is 0 Å². The van der Waals surface area contributed by atoms with Gasteiger partial charge in [0.1, 0.15) is 6.04 Å². The van der Waals surface area contributed by atoms with Gasteiger partial charge in [0.05, 0.1) is 6.61 Å². The summed E-state index contributed by atoms with van der Waals surface area (Å²) in [4.78, 5) is 34.6. The van der Waals surface area contributed by atoms with Crippen molar-refractivity contribution in [3.05, 3.63) is 0 Å². The maximum Gasteiger partial charge on any atom is 0.329 e. The average Bonchev–Trinajstić information content (AvgIpc) is 2.47. The van der Waals surface area contributed by atoms with Gasteiger partial charge in [-0.2, -0.15) is 0 Å². The van der Waals surface area contributed by atoms with E-state index in [9.17, 15) is 14.4 Å². The number of hydrogen-bond donors (Lipinski definition) is 0. The highest BCUT2D eigenvalue weighted by molar-refractivity contribution is 6.00. The molecule has 1 saturated heterocycles. The van der Waals surface area contributed by atoms with E-state index < -0.39 is 17.9 Å². The van der Waals surface area contributed by atoms with Crippen LogP contribution in [0.2, 0.25) is 0 Å². The lowest BCUT2D eigenvalue weighted by molar-refractivity contribution is -0.156. The average molecular weight is 199 g/mol. The van der Waals surface area contributed by atoms with Crippen LogP contribution in [0.5, 0.6) is 0 Å². The van der Waals surface area contributed by atoms with Crippen LogP contribution in [-0.4, -0.2) is 35.3 Å². The van der Waals surface area contributed by atoms with Crippen LogP contribution in [0.1, 0.15) is 26.7 Å². The minimum atomic E-state index is -0.708. The minimum Gasteiger partial charge on any atom is -0.464 e. The highest BCUT2D eigenvalue weighted by Gasteiger charge is 2.39. The smallest absolute Gasteiger partial charge is 0.329 e. The fourth-order valence-corrected chi connectivity index (χ4v) is 1.54.